The van der Waals surface area contributed by atoms with Crippen molar-refractivity contribution in [3.63, 3.8) is 0 Å². The first-order valence-electron chi connectivity index (χ1n) is 11.0. The second-order valence-electron chi connectivity index (χ2n) is 8.66. The molecule has 3 aromatic carbocycles. The van der Waals surface area contributed by atoms with Crippen molar-refractivity contribution >= 4 is 32.4 Å². The van der Waals surface area contributed by atoms with Crippen LogP contribution in [0.1, 0.15) is 29.5 Å². The van der Waals surface area contributed by atoms with Crippen LogP contribution in [0, 0.1) is 11.7 Å². The third-order valence-electron chi connectivity index (χ3n) is 6.62. The SMILES string of the molecule is O=C(Nc1ccc2c3c(cccc13)CC2)C1CCN(S(=O)(=O)Cc2ccc(F)cc2)CC1. The van der Waals surface area contributed by atoms with E-state index in [1.54, 1.807) is 0 Å². The molecule has 0 saturated carbocycles. The molecule has 0 atom stereocenters. The molecular weight excluding hydrogens is 427 g/mol. The van der Waals surface area contributed by atoms with Gasteiger partial charge in [0.15, 0.2) is 0 Å². The minimum absolute atomic E-state index is 0.0562. The molecule has 32 heavy (non-hydrogen) atoms. The smallest absolute Gasteiger partial charge is 0.227 e. The number of aryl methyl sites for hydroxylation is 2. The van der Waals surface area contributed by atoms with Crippen LogP contribution in [0.5, 0.6) is 0 Å². The summed E-state index contributed by atoms with van der Waals surface area (Å²) in [6, 6.07) is 15.8. The van der Waals surface area contributed by atoms with E-state index in [9.17, 15) is 17.6 Å². The fourth-order valence-corrected chi connectivity index (χ4v) is 6.43. The van der Waals surface area contributed by atoms with E-state index < -0.39 is 15.8 Å². The lowest BCUT2D eigenvalue weighted by molar-refractivity contribution is -0.120. The average molecular weight is 453 g/mol. The third-order valence-corrected chi connectivity index (χ3v) is 8.47. The van der Waals surface area contributed by atoms with Gasteiger partial charge in [0.1, 0.15) is 5.82 Å². The van der Waals surface area contributed by atoms with Gasteiger partial charge in [-0.25, -0.2) is 17.1 Å². The summed E-state index contributed by atoms with van der Waals surface area (Å²) >= 11 is 0. The maximum absolute atomic E-state index is 13.1. The van der Waals surface area contributed by atoms with Crippen LogP contribution < -0.4 is 5.32 Å². The van der Waals surface area contributed by atoms with Gasteiger partial charge in [-0.05, 0) is 66.0 Å². The number of halogens is 1. The summed E-state index contributed by atoms with van der Waals surface area (Å²) < 4.78 is 40.0. The summed E-state index contributed by atoms with van der Waals surface area (Å²) in [5.74, 6) is -0.835. The lowest BCUT2D eigenvalue weighted by Crippen LogP contribution is -2.41. The van der Waals surface area contributed by atoms with Crippen molar-refractivity contribution < 1.29 is 17.6 Å². The van der Waals surface area contributed by atoms with E-state index in [1.807, 2.05) is 18.2 Å². The van der Waals surface area contributed by atoms with Crippen LogP contribution in [0.3, 0.4) is 0 Å². The molecule has 3 aromatic rings. The summed E-state index contributed by atoms with van der Waals surface area (Å²) in [6.45, 7) is 0.622. The first-order valence-corrected chi connectivity index (χ1v) is 12.6. The molecule has 1 fully saturated rings. The van der Waals surface area contributed by atoms with E-state index in [1.165, 1.54) is 45.1 Å². The normalized spacial score (nSPS) is 17.0. The Morgan fingerprint density at radius 3 is 2.38 bits per heavy atom. The van der Waals surface area contributed by atoms with Crippen LogP contribution in [-0.4, -0.2) is 31.7 Å². The maximum Gasteiger partial charge on any atom is 0.227 e. The van der Waals surface area contributed by atoms with Crippen molar-refractivity contribution in [2.24, 2.45) is 5.92 Å². The van der Waals surface area contributed by atoms with Crippen molar-refractivity contribution in [2.45, 2.75) is 31.4 Å². The molecule has 0 aromatic heterocycles. The van der Waals surface area contributed by atoms with Crippen molar-refractivity contribution in [2.75, 3.05) is 18.4 Å². The molecule has 166 valence electrons. The predicted molar refractivity (Wildman–Crippen MR) is 123 cm³/mol. The van der Waals surface area contributed by atoms with Crippen molar-refractivity contribution in [3.8, 4) is 0 Å². The van der Waals surface area contributed by atoms with E-state index in [0.29, 0.717) is 31.5 Å². The number of nitrogens with zero attached hydrogens (tertiary/aromatic N) is 1. The van der Waals surface area contributed by atoms with Gasteiger partial charge in [0.25, 0.3) is 0 Å². The highest BCUT2D eigenvalue weighted by atomic mass is 32.2. The fourth-order valence-electron chi connectivity index (χ4n) is 4.87. The van der Waals surface area contributed by atoms with Gasteiger partial charge in [-0.3, -0.25) is 4.79 Å². The van der Waals surface area contributed by atoms with Crippen molar-refractivity contribution in [1.29, 1.82) is 0 Å². The average Bonchev–Trinajstić information content (AvgIpc) is 3.22. The molecule has 5 nitrogen and oxygen atoms in total. The Kier molecular flexibility index (Phi) is 5.47. The zero-order valence-corrected chi connectivity index (χ0v) is 18.5. The van der Waals surface area contributed by atoms with E-state index >= 15 is 0 Å². The summed E-state index contributed by atoms with van der Waals surface area (Å²) in [5, 5.41) is 5.42. The van der Waals surface area contributed by atoms with Gasteiger partial charge in [-0.2, -0.15) is 0 Å². The van der Waals surface area contributed by atoms with E-state index in [4.69, 9.17) is 0 Å². The predicted octanol–water partition coefficient (Wildman–Crippen LogP) is 4.26. The summed E-state index contributed by atoms with van der Waals surface area (Å²) in [6.07, 6.45) is 3.04. The number of piperidine rings is 1. The molecule has 0 radical (unpaired) electrons. The Hall–Kier alpha value is -2.77. The first kappa shape index (κ1) is 21.1. The molecule has 7 heteroatoms. The Morgan fingerprint density at radius 1 is 0.969 bits per heavy atom. The third kappa shape index (κ3) is 4.02. The summed E-state index contributed by atoms with van der Waals surface area (Å²) in [4.78, 5) is 13.0. The van der Waals surface area contributed by atoms with E-state index in [-0.39, 0.29) is 17.6 Å². The number of rotatable bonds is 5. The van der Waals surface area contributed by atoms with Crippen LogP contribution in [0.4, 0.5) is 10.1 Å². The van der Waals surface area contributed by atoms with Gasteiger partial charge in [0.05, 0.1) is 5.75 Å². The number of carbonyl (C=O) groups is 1. The molecule has 1 aliphatic heterocycles. The van der Waals surface area contributed by atoms with Gasteiger partial charge in [0.2, 0.25) is 15.9 Å². The lowest BCUT2D eigenvalue weighted by Gasteiger charge is -2.30. The highest BCUT2D eigenvalue weighted by Crippen LogP contribution is 2.35. The van der Waals surface area contributed by atoms with Crippen molar-refractivity contribution in [3.05, 3.63) is 77.1 Å². The zero-order valence-electron chi connectivity index (χ0n) is 17.7. The van der Waals surface area contributed by atoms with Gasteiger partial charge in [-0.1, -0.05) is 36.4 Å². The van der Waals surface area contributed by atoms with Crippen LogP contribution in [0.25, 0.3) is 10.8 Å². The molecule has 1 N–H and O–H groups in total. The van der Waals surface area contributed by atoms with Gasteiger partial charge in [0, 0.05) is 30.1 Å². The number of anilines is 1. The highest BCUT2D eigenvalue weighted by Gasteiger charge is 2.31. The molecule has 1 heterocycles. The zero-order chi connectivity index (χ0) is 22.3. The Morgan fingerprint density at radius 2 is 1.66 bits per heavy atom. The number of hydrogen-bond acceptors (Lipinski definition) is 3. The Balaban J connectivity index is 1.24. The molecule has 2 aliphatic rings. The number of sulfonamides is 1. The molecule has 0 spiro atoms. The molecule has 0 unspecified atom stereocenters. The van der Waals surface area contributed by atoms with E-state index in [0.717, 1.165) is 23.9 Å². The number of hydrogen-bond donors (Lipinski definition) is 1. The molecule has 1 aliphatic carbocycles. The monoisotopic (exact) mass is 452 g/mol. The molecule has 5 rings (SSSR count). The number of amides is 1. The van der Waals surface area contributed by atoms with Crippen LogP contribution in [0.15, 0.2) is 54.6 Å². The van der Waals surface area contributed by atoms with Crippen LogP contribution >= 0.6 is 0 Å². The number of nitrogens with one attached hydrogen (secondary N) is 1. The quantitative estimate of drug-likeness (QED) is 0.629. The number of benzene rings is 3. The topological polar surface area (TPSA) is 66.5 Å². The maximum atomic E-state index is 13.1. The van der Waals surface area contributed by atoms with Gasteiger partial charge in [-0.15, -0.1) is 0 Å². The highest BCUT2D eigenvalue weighted by molar-refractivity contribution is 7.88. The van der Waals surface area contributed by atoms with Crippen molar-refractivity contribution in [1.82, 2.24) is 4.31 Å². The fraction of sp³-hybridized carbons (Fsp3) is 0.320. The van der Waals surface area contributed by atoms with Gasteiger partial charge >= 0.3 is 0 Å². The molecule has 1 amide bonds. The Bertz CT molecular complexity index is 1270. The van der Waals surface area contributed by atoms with E-state index in [2.05, 4.69) is 17.4 Å². The first-order chi connectivity index (χ1) is 15.4. The molecule has 1 saturated heterocycles. The lowest BCUT2D eigenvalue weighted by atomic mass is 9.96. The number of carbonyl (C=O) groups excluding carboxylic acids is 1. The van der Waals surface area contributed by atoms with Crippen LogP contribution in [-0.2, 0) is 33.4 Å². The minimum atomic E-state index is -3.51. The molecular formula is C25H25FN2O3S. The minimum Gasteiger partial charge on any atom is -0.325 e. The largest absolute Gasteiger partial charge is 0.325 e. The second kappa shape index (κ2) is 8.30. The molecule has 0 bridgehead atoms. The Labute approximate surface area is 187 Å². The van der Waals surface area contributed by atoms with Gasteiger partial charge < -0.3 is 5.32 Å². The second-order valence-corrected chi connectivity index (χ2v) is 10.6. The van der Waals surface area contributed by atoms with Crippen LogP contribution in [0.2, 0.25) is 0 Å². The summed E-state index contributed by atoms with van der Waals surface area (Å²) in [7, 11) is -3.51. The standard InChI is InChI=1S/C25H25FN2O3S/c26-21-9-4-17(5-10-21)16-32(30,31)28-14-12-20(13-15-28)25(29)27-23-11-8-19-7-6-18-2-1-3-22(23)24(18)19/h1-5,8-11,20H,6-7,12-16H2,(H,27,29). The summed E-state index contributed by atoms with van der Waals surface area (Å²) in [5.41, 5.74) is 4.03.